The molecule has 0 spiro atoms. The lowest BCUT2D eigenvalue weighted by atomic mass is 10.1. The van der Waals surface area contributed by atoms with Crippen molar-refractivity contribution in [1.82, 2.24) is 16.0 Å². The van der Waals surface area contributed by atoms with Crippen molar-refractivity contribution in [2.45, 2.75) is 56.3 Å². The Morgan fingerprint density at radius 1 is 0.694 bits per heavy atom. The van der Waals surface area contributed by atoms with E-state index >= 15 is 0 Å². The largest absolute Gasteiger partial charge is 0.481 e. The highest BCUT2D eigenvalue weighted by Gasteiger charge is 2.32. The molecule has 0 saturated heterocycles. The van der Waals surface area contributed by atoms with E-state index in [9.17, 15) is 33.6 Å². The third kappa shape index (κ3) is 13.3. The van der Waals surface area contributed by atoms with E-state index in [0.29, 0.717) is 0 Å². The molecule has 0 fully saturated rings. The monoisotopic (exact) mass is 518 g/mol. The van der Waals surface area contributed by atoms with Crippen LogP contribution in [0.15, 0.2) is 4.99 Å². The zero-order valence-electron chi connectivity index (χ0n) is 19.0. The lowest BCUT2D eigenvalue weighted by molar-refractivity contribution is -0.147. The number of amides is 4. The molecule has 14 N–H and O–H groups in total. The summed E-state index contributed by atoms with van der Waals surface area (Å²) >= 11 is 0. The van der Waals surface area contributed by atoms with Crippen molar-refractivity contribution in [2.24, 2.45) is 27.9 Å². The van der Waals surface area contributed by atoms with Gasteiger partial charge in [-0.3, -0.25) is 33.8 Å². The van der Waals surface area contributed by atoms with Gasteiger partial charge in [0, 0.05) is 6.54 Å². The highest BCUT2D eigenvalue weighted by Crippen LogP contribution is 2.03. The highest BCUT2D eigenvalue weighted by molar-refractivity contribution is 5.97. The molecule has 0 heterocycles. The topological polar surface area (TPSA) is 333 Å². The molecular weight excluding hydrogens is 488 g/mol. The summed E-state index contributed by atoms with van der Waals surface area (Å²) in [6.45, 7) is 0.158. The molecule has 0 aromatic rings. The molecule has 0 aliphatic rings. The van der Waals surface area contributed by atoms with Crippen molar-refractivity contribution in [1.29, 1.82) is 0 Å². The van der Waals surface area contributed by atoms with Gasteiger partial charge in [0.15, 0.2) is 5.96 Å². The molecule has 18 nitrogen and oxygen atoms in total. The summed E-state index contributed by atoms with van der Waals surface area (Å²) in [6.07, 6.45) is -2.47. The maximum atomic E-state index is 12.6. The highest BCUT2D eigenvalue weighted by atomic mass is 16.4. The Bertz CT molecular complexity index is 889. The predicted octanol–water partition coefficient (Wildman–Crippen LogP) is -5.27. The second kappa shape index (κ2) is 15.4. The number of carbonyl (C=O) groups excluding carboxylic acids is 4. The summed E-state index contributed by atoms with van der Waals surface area (Å²) in [6, 6.07) is -6.66. The van der Waals surface area contributed by atoms with Gasteiger partial charge in [-0.05, 0) is 12.8 Å². The van der Waals surface area contributed by atoms with Crippen LogP contribution in [0.1, 0.15) is 32.1 Å². The van der Waals surface area contributed by atoms with Crippen LogP contribution in [0.2, 0.25) is 0 Å². The molecule has 0 aliphatic carbocycles. The van der Waals surface area contributed by atoms with E-state index in [1.807, 2.05) is 10.6 Å². The number of carboxylic acid groups (broad SMARTS) is 3. The maximum absolute atomic E-state index is 12.6. The molecule has 36 heavy (non-hydrogen) atoms. The normalized spacial score (nSPS) is 13.7. The number of nitrogens with one attached hydrogen (secondary N) is 3. The number of nitrogens with zero attached hydrogens (tertiary/aromatic N) is 1. The van der Waals surface area contributed by atoms with Crippen LogP contribution in [0.4, 0.5) is 0 Å². The average Bonchev–Trinajstić information content (AvgIpc) is 2.73. The van der Waals surface area contributed by atoms with Crippen LogP contribution in [0.25, 0.3) is 0 Å². The van der Waals surface area contributed by atoms with E-state index in [1.54, 1.807) is 0 Å². The number of aliphatic carboxylic acids is 3. The van der Waals surface area contributed by atoms with E-state index < -0.39 is 85.0 Å². The Labute approximate surface area is 203 Å². The smallest absolute Gasteiger partial charge is 0.326 e. The van der Waals surface area contributed by atoms with E-state index in [-0.39, 0.29) is 25.3 Å². The average molecular weight is 518 g/mol. The fourth-order valence-corrected chi connectivity index (χ4v) is 2.64. The summed E-state index contributed by atoms with van der Waals surface area (Å²) in [5.41, 5.74) is 21.1. The van der Waals surface area contributed by atoms with Crippen molar-refractivity contribution < 1.29 is 48.9 Å². The summed E-state index contributed by atoms with van der Waals surface area (Å²) in [4.78, 5) is 85.6. The van der Waals surface area contributed by atoms with Crippen molar-refractivity contribution in [2.75, 3.05) is 6.54 Å². The minimum absolute atomic E-state index is 0.0664. The molecule has 0 aromatic carbocycles. The van der Waals surface area contributed by atoms with Crippen LogP contribution in [-0.4, -0.2) is 93.5 Å². The molecule has 18 heteroatoms. The molecule has 202 valence electrons. The van der Waals surface area contributed by atoms with E-state index in [2.05, 4.69) is 10.3 Å². The molecule has 0 bridgehead atoms. The number of carboxylic acids is 3. The number of carbonyl (C=O) groups is 7. The zero-order chi connectivity index (χ0) is 28.0. The van der Waals surface area contributed by atoms with Gasteiger partial charge in [0.05, 0.1) is 25.3 Å². The van der Waals surface area contributed by atoms with Crippen LogP contribution in [0.5, 0.6) is 0 Å². The predicted molar refractivity (Wildman–Crippen MR) is 120 cm³/mol. The third-order valence-electron chi connectivity index (χ3n) is 4.35. The van der Waals surface area contributed by atoms with Gasteiger partial charge >= 0.3 is 17.9 Å². The van der Waals surface area contributed by atoms with Gasteiger partial charge in [-0.25, -0.2) is 4.79 Å². The quantitative estimate of drug-likeness (QED) is 0.0489. The molecule has 0 radical (unpaired) electrons. The minimum Gasteiger partial charge on any atom is -0.481 e. The first-order valence-electron chi connectivity index (χ1n) is 10.3. The van der Waals surface area contributed by atoms with Crippen molar-refractivity contribution >= 4 is 47.5 Å². The van der Waals surface area contributed by atoms with Crippen LogP contribution >= 0.6 is 0 Å². The van der Waals surface area contributed by atoms with Gasteiger partial charge in [-0.1, -0.05) is 0 Å². The van der Waals surface area contributed by atoms with Crippen molar-refractivity contribution in [3.63, 3.8) is 0 Å². The first kappa shape index (κ1) is 31.5. The Morgan fingerprint density at radius 3 is 1.58 bits per heavy atom. The second-order valence-electron chi connectivity index (χ2n) is 7.44. The minimum atomic E-state index is -1.91. The molecule has 4 amide bonds. The Balaban J connectivity index is 5.46. The van der Waals surface area contributed by atoms with Gasteiger partial charge in [0.25, 0.3) is 0 Å². The first-order chi connectivity index (χ1) is 16.6. The van der Waals surface area contributed by atoms with Crippen molar-refractivity contribution in [3.05, 3.63) is 0 Å². The van der Waals surface area contributed by atoms with Gasteiger partial charge in [-0.2, -0.15) is 0 Å². The molecule has 4 atom stereocenters. The number of primary amides is 1. The zero-order valence-corrected chi connectivity index (χ0v) is 19.0. The molecule has 0 aliphatic heterocycles. The fourth-order valence-electron chi connectivity index (χ4n) is 2.64. The van der Waals surface area contributed by atoms with E-state index in [1.165, 1.54) is 0 Å². The lowest BCUT2D eigenvalue weighted by Crippen LogP contribution is -2.58. The number of aliphatic imine (C=N–C) groups is 1. The SMILES string of the molecule is NC(=O)CC(NC(=O)C(CC(=O)O)NC(=O)C(N)CCCN=C(N)N)C(=O)NC(CC(=O)O)C(=O)O. The van der Waals surface area contributed by atoms with Crippen molar-refractivity contribution in [3.8, 4) is 0 Å². The summed E-state index contributed by atoms with van der Waals surface area (Å²) < 4.78 is 0. The Morgan fingerprint density at radius 2 is 1.14 bits per heavy atom. The summed E-state index contributed by atoms with van der Waals surface area (Å²) in [5, 5.41) is 32.9. The summed E-state index contributed by atoms with van der Waals surface area (Å²) in [7, 11) is 0. The maximum Gasteiger partial charge on any atom is 0.326 e. The number of rotatable bonds is 17. The molecule has 0 rings (SSSR count). The first-order valence-corrected chi connectivity index (χ1v) is 10.3. The molecule has 4 unspecified atom stereocenters. The molecule has 0 saturated carbocycles. The molecule has 0 aromatic heterocycles. The Kier molecular flexibility index (Phi) is 13.5. The van der Waals surface area contributed by atoms with Gasteiger partial charge in [-0.15, -0.1) is 0 Å². The lowest BCUT2D eigenvalue weighted by Gasteiger charge is -2.23. The molecular formula is C18H30N8O10. The Hall–Kier alpha value is -4.48. The van der Waals surface area contributed by atoms with Crippen LogP contribution in [-0.2, 0) is 33.6 Å². The van der Waals surface area contributed by atoms with Crippen LogP contribution < -0.4 is 38.9 Å². The number of hydrogen-bond donors (Lipinski definition) is 10. The number of nitrogens with two attached hydrogens (primary N) is 4. The third-order valence-corrected chi connectivity index (χ3v) is 4.35. The standard InChI is InChI=1S/C18H30N8O10/c19-7(2-1-3-23-18(21)22)14(32)24-9(5-12(28)29)16(34)25-8(4-11(20)27)15(33)26-10(17(35)36)6-13(30)31/h7-10H,1-6,19H2,(H2,20,27)(H,24,32)(H,25,34)(H,26,33)(H,28,29)(H,30,31)(H,35,36)(H4,21,22,23). The van der Waals surface area contributed by atoms with Crippen LogP contribution in [0, 0.1) is 0 Å². The number of hydrogen-bond acceptors (Lipinski definition) is 9. The second-order valence-corrected chi connectivity index (χ2v) is 7.44. The number of guanidine groups is 1. The van der Waals surface area contributed by atoms with Gasteiger partial charge < -0.3 is 54.2 Å². The van der Waals surface area contributed by atoms with Crippen LogP contribution in [0.3, 0.4) is 0 Å². The summed E-state index contributed by atoms with van der Waals surface area (Å²) in [5.74, 6) is -9.49. The van der Waals surface area contributed by atoms with Gasteiger partial charge in [0.1, 0.15) is 18.1 Å². The van der Waals surface area contributed by atoms with Gasteiger partial charge in [0.2, 0.25) is 23.6 Å². The van der Waals surface area contributed by atoms with E-state index in [0.717, 1.165) is 0 Å². The van der Waals surface area contributed by atoms with E-state index in [4.69, 9.17) is 38.3 Å². The fraction of sp³-hybridized carbons (Fsp3) is 0.556.